The van der Waals surface area contributed by atoms with E-state index in [0.29, 0.717) is 35.0 Å². The van der Waals surface area contributed by atoms with Gasteiger partial charge in [-0.15, -0.1) is 0 Å². The Balaban J connectivity index is 1.92. The minimum atomic E-state index is -0.208. The lowest BCUT2D eigenvalue weighted by atomic mass is 10.1. The van der Waals surface area contributed by atoms with Crippen LogP contribution in [0.2, 0.25) is 0 Å². The molecule has 0 fully saturated rings. The summed E-state index contributed by atoms with van der Waals surface area (Å²) in [6, 6.07) is 14.6. The minimum absolute atomic E-state index is 0.208. The number of carbonyl (C=O) groups is 1. The van der Waals surface area contributed by atoms with Gasteiger partial charge >= 0.3 is 0 Å². The summed E-state index contributed by atoms with van der Waals surface area (Å²) in [4.78, 5) is 16.8. The zero-order valence-corrected chi connectivity index (χ0v) is 14.0. The number of benzene rings is 2. The fraction of sp³-hybridized carbons (Fsp3) is 0.118. The number of anilines is 1. The van der Waals surface area contributed by atoms with Crippen molar-refractivity contribution in [1.29, 1.82) is 0 Å². The van der Waals surface area contributed by atoms with Gasteiger partial charge in [0.15, 0.2) is 5.82 Å². The van der Waals surface area contributed by atoms with Gasteiger partial charge in [0.05, 0.1) is 16.8 Å². The van der Waals surface area contributed by atoms with Crippen molar-refractivity contribution in [1.82, 2.24) is 10.1 Å². The molecule has 1 heterocycles. The molecule has 3 rings (SSSR count). The Kier molecular flexibility index (Phi) is 4.52. The van der Waals surface area contributed by atoms with E-state index in [-0.39, 0.29) is 5.91 Å². The Morgan fingerprint density at radius 3 is 2.65 bits per heavy atom. The lowest BCUT2D eigenvalue weighted by Gasteiger charge is -2.09. The van der Waals surface area contributed by atoms with Crippen LogP contribution in [0.4, 0.5) is 5.69 Å². The smallest absolute Gasteiger partial charge is 0.260 e. The first-order valence-electron chi connectivity index (χ1n) is 7.17. The van der Waals surface area contributed by atoms with Crippen LogP contribution in [-0.2, 0) is 6.42 Å². The summed E-state index contributed by atoms with van der Waals surface area (Å²) in [7, 11) is 0. The summed E-state index contributed by atoms with van der Waals surface area (Å²) < 4.78 is 6.01. The summed E-state index contributed by atoms with van der Waals surface area (Å²) in [6.45, 7) is 1.95. The molecule has 1 N–H and O–H groups in total. The van der Waals surface area contributed by atoms with Gasteiger partial charge in [0.1, 0.15) is 0 Å². The van der Waals surface area contributed by atoms with Gasteiger partial charge in [-0.3, -0.25) is 4.79 Å². The second-order valence-corrected chi connectivity index (χ2v) is 5.70. The van der Waals surface area contributed by atoms with E-state index in [0.717, 1.165) is 4.47 Å². The van der Waals surface area contributed by atoms with Gasteiger partial charge in [-0.25, -0.2) is 0 Å². The maximum Gasteiger partial charge on any atom is 0.260 e. The van der Waals surface area contributed by atoms with Crippen LogP contribution in [0.25, 0.3) is 11.5 Å². The van der Waals surface area contributed by atoms with Crippen LogP contribution in [0.5, 0.6) is 0 Å². The molecule has 6 heteroatoms. The number of rotatable bonds is 4. The van der Waals surface area contributed by atoms with E-state index in [1.807, 2.05) is 43.3 Å². The highest BCUT2D eigenvalue weighted by Crippen LogP contribution is 2.27. The second-order valence-electron chi connectivity index (χ2n) is 4.85. The van der Waals surface area contributed by atoms with Crippen molar-refractivity contribution in [3.05, 3.63) is 64.4 Å². The maximum atomic E-state index is 12.5. The molecule has 0 saturated carbocycles. The molecule has 2 aromatic carbocycles. The monoisotopic (exact) mass is 371 g/mol. The van der Waals surface area contributed by atoms with Crippen molar-refractivity contribution >= 4 is 27.5 Å². The number of aryl methyl sites for hydroxylation is 1. The topological polar surface area (TPSA) is 68.0 Å². The Labute approximate surface area is 141 Å². The Hall–Kier alpha value is -2.47. The number of halogens is 1. The van der Waals surface area contributed by atoms with Crippen molar-refractivity contribution in [2.24, 2.45) is 0 Å². The average Bonchev–Trinajstić information content (AvgIpc) is 3.04. The van der Waals surface area contributed by atoms with E-state index in [9.17, 15) is 4.79 Å². The first-order chi connectivity index (χ1) is 11.2. The van der Waals surface area contributed by atoms with Crippen molar-refractivity contribution < 1.29 is 9.32 Å². The van der Waals surface area contributed by atoms with Gasteiger partial charge in [-0.05, 0) is 40.2 Å². The van der Waals surface area contributed by atoms with Gasteiger partial charge in [0.25, 0.3) is 11.8 Å². The first-order valence-corrected chi connectivity index (χ1v) is 7.96. The molecule has 1 amide bonds. The molecule has 0 bridgehead atoms. The zero-order valence-electron chi connectivity index (χ0n) is 12.4. The Bertz CT molecular complexity index is 845. The number of para-hydroxylation sites is 1. The normalized spacial score (nSPS) is 10.5. The molecule has 0 saturated heterocycles. The Morgan fingerprint density at radius 2 is 1.91 bits per heavy atom. The van der Waals surface area contributed by atoms with E-state index in [4.69, 9.17) is 4.52 Å². The van der Waals surface area contributed by atoms with Crippen molar-refractivity contribution in [3.8, 4) is 11.5 Å². The van der Waals surface area contributed by atoms with Crippen molar-refractivity contribution in [3.63, 3.8) is 0 Å². The molecule has 0 unspecified atom stereocenters. The number of hydrogen-bond donors (Lipinski definition) is 1. The molecule has 116 valence electrons. The van der Waals surface area contributed by atoms with Crippen molar-refractivity contribution in [2.75, 3.05) is 5.32 Å². The fourth-order valence-corrected chi connectivity index (χ4v) is 2.59. The van der Waals surface area contributed by atoms with E-state index in [1.54, 1.807) is 12.1 Å². The lowest BCUT2D eigenvalue weighted by Crippen LogP contribution is -2.13. The highest BCUT2D eigenvalue weighted by molar-refractivity contribution is 9.10. The van der Waals surface area contributed by atoms with Crippen LogP contribution in [0.1, 0.15) is 23.1 Å². The van der Waals surface area contributed by atoms with Gasteiger partial charge in [0.2, 0.25) is 0 Å². The fourth-order valence-electron chi connectivity index (χ4n) is 2.12. The number of carbonyl (C=O) groups excluding carboxylic acids is 1. The number of nitrogens with zero attached hydrogens (tertiary/aromatic N) is 2. The third kappa shape index (κ3) is 3.32. The summed E-state index contributed by atoms with van der Waals surface area (Å²) in [5.74, 6) is 0.817. The van der Waals surface area contributed by atoms with Gasteiger partial charge < -0.3 is 9.84 Å². The molecule has 5 nitrogen and oxygen atoms in total. The predicted molar refractivity (Wildman–Crippen MR) is 91.2 cm³/mol. The number of hydrogen-bond acceptors (Lipinski definition) is 4. The zero-order chi connectivity index (χ0) is 16.2. The maximum absolute atomic E-state index is 12.5. The second kappa shape index (κ2) is 6.75. The molecule has 0 aliphatic rings. The molecule has 23 heavy (non-hydrogen) atoms. The van der Waals surface area contributed by atoms with Crippen LogP contribution in [0.15, 0.2) is 57.5 Å². The molecule has 0 aliphatic heterocycles. The third-order valence-corrected chi connectivity index (χ3v) is 4.00. The van der Waals surface area contributed by atoms with E-state index >= 15 is 0 Å². The lowest BCUT2D eigenvalue weighted by molar-refractivity contribution is 0.102. The van der Waals surface area contributed by atoms with Gasteiger partial charge in [-0.1, -0.05) is 36.3 Å². The highest BCUT2D eigenvalue weighted by Gasteiger charge is 2.15. The SMILES string of the molecule is CCc1noc(-c2ccccc2NC(=O)c2ccccc2Br)n1. The number of aromatic nitrogens is 2. The summed E-state index contributed by atoms with van der Waals surface area (Å²) in [5, 5.41) is 6.79. The molecular formula is C17H14BrN3O2. The van der Waals surface area contributed by atoms with E-state index in [2.05, 4.69) is 31.4 Å². The third-order valence-electron chi connectivity index (χ3n) is 3.31. The molecular weight excluding hydrogens is 358 g/mol. The molecule has 0 radical (unpaired) electrons. The summed E-state index contributed by atoms with van der Waals surface area (Å²) in [5.41, 5.74) is 1.88. The largest absolute Gasteiger partial charge is 0.334 e. The molecule has 0 spiro atoms. The van der Waals surface area contributed by atoms with Gasteiger partial charge in [0, 0.05) is 10.9 Å². The highest BCUT2D eigenvalue weighted by atomic mass is 79.9. The number of amides is 1. The first kappa shape index (κ1) is 15.4. The van der Waals surface area contributed by atoms with Gasteiger partial charge in [-0.2, -0.15) is 4.98 Å². The van der Waals surface area contributed by atoms with Crippen molar-refractivity contribution in [2.45, 2.75) is 13.3 Å². The van der Waals surface area contributed by atoms with E-state index in [1.165, 1.54) is 0 Å². The molecule has 1 aromatic heterocycles. The summed E-state index contributed by atoms with van der Waals surface area (Å²) >= 11 is 3.38. The standard InChI is InChI=1S/C17H14BrN3O2/c1-2-15-20-17(23-21-15)12-8-4-6-10-14(12)19-16(22)11-7-3-5-9-13(11)18/h3-10H,2H2,1H3,(H,19,22). The van der Waals surface area contributed by atoms with E-state index < -0.39 is 0 Å². The van der Waals surface area contributed by atoms with Crippen LogP contribution in [0, 0.1) is 0 Å². The Morgan fingerprint density at radius 1 is 1.17 bits per heavy atom. The average molecular weight is 372 g/mol. The molecule has 0 aliphatic carbocycles. The quantitative estimate of drug-likeness (QED) is 0.741. The van der Waals surface area contributed by atoms with Crippen LogP contribution < -0.4 is 5.32 Å². The summed E-state index contributed by atoms with van der Waals surface area (Å²) in [6.07, 6.45) is 0.689. The molecule has 0 atom stereocenters. The molecule has 3 aromatic rings. The van der Waals surface area contributed by atoms with Crippen LogP contribution >= 0.6 is 15.9 Å². The predicted octanol–water partition coefficient (Wildman–Crippen LogP) is 4.31. The number of nitrogens with one attached hydrogen (secondary N) is 1. The van der Waals surface area contributed by atoms with Crippen LogP contribution in [0.3, 0.4) is 0 Å². The van der Waals surface area contributed by atoms with Crippen LogP contribution in [-0.4, -0.2) is 16.0 Å². The minimum Gasteiger partial charge on any atom is -0.334 e.